The van der Waals surface area contributed by atoms with Crippen LogP contribution in [0.1, 0.15) is 40.2 Å². The number of aromatic nitrogens is 2. The van der Waals surface area contributed by atoms with Crippen LogP contribution in [0.25, 0.3) is 22.2 Å². The van der Waals surface area contributed by atoms with Gasteiger partial charge in [0.05, 0.1) is 34.0 Å². The summed E-state index contributed by atoms with van der Waals surface area (Å²) >= 11 is 0. The lowest BCUT2D eigenvalue weighted by Crippen LogP contribution is -2.31. The number of fused-ring (bicyclic) bond motifs is 1. The Kier molecular flexibility index (Phi) is 7.75. The Balaban J connectivity index is 1.32. The summed E-state index contributed by atoms with van der Waals surface area (Å²) in [6, 6.07) is 23.9. The molecule has 3 N–H and O–H groups in total. The van der Waals surface area contributed by atoms with Crippen molar-refractivity contribution in [3.63, 3.8) is 0 Å². The molecule has 6 rings (SSSR count). The number of aromatic amines is 1. The van der Waals surface area contributed by atoms with Crippen LogP contribution < -0.4 is 9.44 Å². The number of benzene rings is 4. The van der Waals surface area contributed by atoms with Crippen LogP contribution in [0.5, 0.6) is 0 Å². The first-order chi connectivity index (χ1) is 21.3. The first-order valence-corrected chi connectivity index (χ1v) is 16.7. The Hall–Kier alpha value is -4.53. The third-order valence-corrected chi connectivity index (χ3v) is 10.7. The van der Waals surface area contributed by atoms with Crippen LogP contribution in [0.15, 0.2) is 102 Å². The third kappa shape index (κ3) is 6.48. The number of imidazole rings is 1. The summed E-state index contributed by atoms with van der Waals surface area (Å²) in [5, 5.41) is -1.05. The van der Waals surface area contributed by atoms with Gasteiger partial charge >= 0.3 is 6.18 Å². The molecule has 1 saturated heterocycles. The predicted molar refractivity (Wildman–Crippen MR) is 161 cm³/mol. The standard InChI is InChI=1S/C31H25F3N4O5S2/c32-31(33,34)23-12-15-25-26(17-23)36-30(35-25)27(16-19-6-8-22(9-7-19)28-18-29(39)38-45(28,42)43)37-44(40,41)24-13-10-21(11-14-24)20-4-2-1-3-5-20/h1-15,17,27-28,37H,16,18H2,(H,35,36)(H,38,39)/t27-,28+/m0/s1. The summed E-state index contributed by atoms with van der Waals surface area (Å²) in [5.41, 5.74) is 2.09. The van der Waals surface area contributed by atoms with Crippen molar-refractivity contribution in [1.82, 2.24) is 19.4 Å². The molecule has 0 unspecified atom stereocenters. The van der Waals surface area contributed by atoms with Crippen LogP contribution in [-0.2, 0) is 37.4 Å². The van der Waals surface area contributed by atoms with Gasteiger partial charge in [0.1, 0.15) is 11.1 Å². The number of rotatable bonds is 8. The Morgan fingerprint density at radius 1 is 0.911 bits per heavy atom. The van der Waals surface area contributed by atoms with E-state index in [4.69, 9.17) is 0 Å². The molecule has 1 aliphatic heterocycles. The lowest BCUT2D eigenvalue weighted by Gasteiger charge is -2.18. The van der Waals surface area contributed by atoms with E-state index >= 15 is 0 Å². The molecule has 1 aliphatic rings. The molecule has 0 aliphatic carbocycles. The monoisotopic (exact) mass is 654 g/mol. The van der Waals surface area contributed by atoms with Gasteiger partial charge in [0.15, 0.2) is 0 Å². The quantitative estimate of drug-likeness (QED) is 0.205. The van der Waals surface area contributed by atoms with E-state index in [0.717, 1.165) is 23.3 Å². The van der Waals surface area contributed by atoms with Gasteiger partial charge in [-0.3, -0.25) is 9.52 Å². The van der Waals surface area contributed by atoms with E-state index in [9.17, 15) is 34.8 Å². The largest absolute Gasteiger partial charge is 0.416 e. The number of nitrogens with zero attached hydrogens (tertiary/aromatic N) is 1. The minimum atomic E-state index is -4.58. The van der Waals surface area contributed by atoms with E-state index < -0.39 is 49.0 Å². The van der Waals surface area contributed by atoms with E-state index in [0.29, 0.717) is 11.1 Å². The topological polar surface area (TPSA) is 138 Å². The number of carbonyl (C=O) groups is 1. The zero-order chi connectivity index (χ0) is 32.0. The van der Waals surface area contributed by atoms with Gasteiger partial charge in [-0.1, -0.05) is 66.7 Å². The Morgan fingerprint density at radius 3 is 2.20 bits per heavy atom. The molecule has 5 aromatic rings. The van der Waals surface area contributed by atoms with E-state index in [1.807, 2.05) is 35.1 Å². The number of nitrogens with one attached hydrogen (secondary N) is 3. The molecule has 45 heavy (non-hydrogen) atoms. The van der Waals surface area contributed by atoms with Gasteiger partial charge < -0.3 is 4.98 Å². The number of carbonyl (C=O) groups excluding carboxylic acids is 1. The van der Waals surface area contributed by atoms with Crippen LogP contribution >= 0.6 is 0 Å². The molecule has 4 aromatic carbocycles. The molecule has 14 heteroatoms. The van der Waals surface area contributed by atoms with Gasteiger partial charge in [0.2, 0.25) is 26.0 Å². The summed E-state index contributed by atoms with van der Waals surface area (Å²) in [6.07, 6.45) is -4.78. The smallest absolute Gasteiger partial charge is 0.341 e. The van der Waals surface area contributed by atoms with Gasteiger partial charge in [0.25, 0.3) is 0 Å². The summed E-state index contributed by atoms with van der Waals surface area (Å²) < 4.78 is 96.4. The number of alkyl halides is 3. The number of hydrogen-bond acceptors (Lipinski definition) is 6. The van der Waals surface area contributed by atoms with E-state index in [1.54, 1.807) is 36.4 Å². The first kappa shape index (κ1) is 30.5. The van der Waals surface area contributed by atoms with E-state index in [2.05, 4.69) is 14.7 Å². The number of H-pyrrole nitrogens is 1. The van der Waals surface area contributed by atoms with E-state index in [1.165, 1.54) is 18.2 Å². The summed E-state index contributed by atoms with van der Waals surface area (Å²) in [5.74, 6) is -0.514. The molecule has 0 spiro atoms. The summed E-state index contributed by atoms with van der Waals surface area (Å²) in [7, 11) is -8.01. The van der Waals surface area contributed by atoms with Crippen molar-refractivity contribution in [3.8, 4) is 11.1 Å². The molecule has 0 radical (unpaired) electrons. The minimum absolute atomic E-state index is 0.0160. The van der Waals surface area contributed by atoms with Crippen LogP contribution in [-0.4, -0.2) is 32.7 Å². The molecule has 1 aromatic heterocycles. The van der Waals surface area contributed by atoms with Gasteiger partial charge in [0, 0.05) is 0 Å². The number of amides is 1. The zero-order valence-electron chi connectivity index (χ0n) is 23.2. The average Bonchev–Trinajstić information content (AvgIpc) is 3.55. The highest BCUT2D eigenvalue weighted by molar-refractivity contribution is 7.90. The molecule has 2 heterocycles. The normalized spacial score (nSPS) is 17.3. The maximum Gasteiger partial charge on any atom is 0.416 e. The number of halogens is 3. The summed E-state index contributed by atoms with van der Waals surface area (Å²) in [4.78, 5) is 18.9. The maximum atomic E-state index is 13.6. The lowest BCUT2D eigenvalue weighted by atomic mass is 10.0. The zero-order valence-corrected chi connectivity index (χ0v) is 24.9. The lowest BCUT2D eigenvalue weighted by molar-refractivity contribution is -0.137. The number of sulfonamides is 2. The van der Waals surface area contributed by atoms with Crippen LogP contribution in [0.2, 0.25) is 0 Å². The highest BCUT2D eigenvalue weighted by Crippen LogP contribution is 2.33. The third-order valence-electron chi connectivity index (χ3n) is 7.52. The van der Waals surface area contributed by atoms with Crippen molar-refractivity contribution >= 4 is 37.0 Å². The Labute approximate surface area is 256 Å². The van der Waals surface area contributed by atoms with Crippen molar-refractivity contribution in [2.24, 2.45) is 0 Å². The average molecular weight is 655 g/mol. The first-order valence-electron chi connectivity index (χ1n) is 13.7. The fourth-order valence-corrected chi connectivity index (χ4v) is 7.86. The minimum Gasteiger partial charge on any atom is -0.341 e. The van der Waals surface area contributed by atoms with Crippen LogP contribution in [0.3, 0.4) is 0 Å². The van der Waals surface area contributed by atoms with Crippen molar-refractivity contribution in [2.75, 3.05) is 0 Å². The second-order valence-corrected chi connectivity index (χ2v) is 14.2. The van der Waals surface area contributed by atoms with Crippen molar-refractivity contribution < 1.29 is 34.8 Å². The number of hydrogen-bond donors (Lipinski definition) is 3. The molecule has 0 saturated carbocycles. The molecular weight excluding hydrogens is 629 g/mol. The van der Waals surface area contributed by atoms with E-state index in [-0.39, 0.29) is 34.6 Å². The van der Waals surface area contributed by atoms with Gasteiger partial charge in [-0.25, -0.2) is 26.5 Å². The maximum absolute atomic E-state index is 13.6. The molecule has 0 bridgehead atoms. The van der Waals surface area contributed by atoms with Gasteiger partial charge in [-0.05, 0) is 59.0 Å². The second-order valence-electron chi connectivity index (χ2n) is 10.6. The van der Waals surface area contributed by atoms with Crippen molar-refractivity contribution in [1.29, 1.82) is 0 Å². The predicted octanol–water partition coefficient (Wildman–Crippen LogP) is 5.40. The van der Waals surface area contributed by atoms with Crippen molar-refractivity contribution in [3.05, 3.63) is 120 Å². The van der Waals surface area contributed by atoms with Gasteiger partial charge in [-0.2, -0.15) is 13.2 Å². The molecule has 232 valence electrons. The molecular formula is C31H25F3N4O5S2. The Morgan fingerprint density at radius 2 is 1.58 bits per heavy atom. The SMILES string of the molecule is O=C1C[C@H](c2ccc(C[C@H](NS(=O)(=O)c3ccc(-c4ccccc4)cc3)c3nc4ccc(C(F)(F)F)cc4[nH]3)cc2)S(=O)(=O)N1. The Bertz CT molecular complexity index is 2100. The fourth-order valence-electron chi connectivity index (χ4n) is 5.23. The summed E-state index contributed by atoms with van der Waals surface area (Å²) in [6.45, 7) is 0. The molecule has 1 amide bonds. The highest BCUT2D eigenvalue weighted by atomic mass is 32.2. The van der Waals surface area contributed by atoms with Crippen molar-refractivity contribution in [2.45, 2.75) is 35.2 Å². The molecule has 2 atom stereocenters. The second kappa shape index (κ2) is 11.4. The van der Waals surface area contributed by atoms with Crippen LogP contribution in [0, 0.1) is 0 Å². The van der Waals surface area contributed by atoms with Gasteiger partial charge in [-0.15, -0.1) is 0 Å². The van der Waals surface area contributed by atoms with Crippen LogP contribution in [0.4, 0.5) is 13.2 Å². The fraction of sp³-hybridized carbons (Fsp3) is 0.161. The highest BCUT2D eigenvalue weighted by Gasteiger charge is 2.38. The molecule has 9 nitrogen and oxygen atoms in total. The molecule has 1 fully saturated rings.